The summed E-state index contributed by atoms with van der Waals surface area (Å²) in [6.07, 6.45) is 0. The summed E-state index contributed by atoms with van der Waals surface area (Å²) in [6.45, 7) is 0. The largest absolute Gasteiger partial charge is 0.464 e. The normalized spacial score (nSPS) is 11.0. The van der Waals surface area contributed by atoms with Crippen molar-refractivity contribution in [1.82, 2.24) is 0 Å². The Balaban J connectivity index is 2.63. The van der Waals surface area contributed by atoms with Gasteiger partial charge in [0.1, 0.15) is 0 Å². The Bertz CT molecular complexity index is 378. The highest BCUT2D eigenvalue weighted by atomic mass is 79.9. The molecule has 0 aliphatic rings. The van der Waals surface area contributed by atoms with Crippen molar-refractivity contribution < 1.29 is 9.53 Å². The van der Waals surface area contributed by atoms with E-state index in [0.29, 0.717) is 0 Å². The lowest BCUT2D eigenvalue weighted by Crippen LogP contribution is -2.11. The van der Waals surface area contributed by atoms with Crippen LogP contribution >= 0.6 is 27.5 Å². The molecule has 0 saturated carbocycles. The topological polar surface area (TPSA) is 50.7 Å². The molecule has 0 atom stereocenters. The molecule has 0 aliphatic carbocycles. The average molecular weight is 292 g/mol. The maximum Gasteiger partial charge on any atom is 0.370 e. The van der Waals surface area contributed by atoms with Crippen LogP contribution in [0.1, 0.15) is 0 Å². The number of anilines is 1. The molecule has 0 saturated heterocycles. The Hall–Kier alpha value is -1.07. The van der Waals surface area contributed by atoms with Crippen LogP contribution in [-0.4, -0.2) is 18.2 Å². The first-order valence-corrected chi connectivity index (χ1v) is 5.13. The van der Waals surface area contributed by atoms with E-state index in [1.807, 2.05) is 12.1 Å². The minimum Gasteiger partial charge on any atom is -0.464 e. The summed E-state index contributed by atoms with van der Waals surface area (Å²) in [7, 11) is 1.24. The quantitative estimate of drug-likeness (QED) is 0.529. The second-order valence-electron chi connectivity index (χ2n) is 2.51. The summed E-state index contributed by atoms with van der Waals surface area (Å²) >= 11 is 8.81. The van der Waals surface area contributed by atoms with Crippen molar-refractivity contribution in [2.45, 2.75) is 0 Å². The van der Waals surface area contributed by atoms with Crippen LogP contribution in [0.25, 0.3) is 0 Å². The molecular weight excluding hydrogens is 283 g/mol. The lowest BCUT2D eigenvalue weighted by atomic mass is 10.3. The molecule has 0 radical (unpaired) electrons. The van der Waals surface area contributed by atoms with Gasteiger partial charge < -0.3 is 4.74 Å². The number of methoxy groups -OCH3 is 1. The van der Waals surface area contributed by atoms with Crippen LogP contribution in [0.2, 0.25) is 0 Å². The number of nitrogens with zero attached hydrogens (tertiary/aromatic N) is 1. The van der Waals surface area contributed by atoms with Gasteiger partial charge in [0, 0.05) is 4.47 Å². The van der Waals surface area contributed by atoms with Crippen LogP contribution in [0.15, 0.2) is 33.8 Å². The standard InChI is InChI=1S/C9H8BrClN2O2/c1-15-9(14)8(11)13-12-7-4-2-6(10)3-5-7/h2-5,12H,1H3/b13-8-. The molecular formula is C9H8BrClN2O2. The molecule has 4 nitrogen and oxygen atoms in total. The van der Waals surface area contributed by atoms with Gasteiger partial charge in [-0.3, -0.25) is 5.43 Å². The fraction of sp³-hybridized carbons (Fsp3) is 0.111. The molecule has 0 spiro atoms. The molecule has 0 bridgehead atoms. The van der Waals surface area contributed by atoms with Gasteiger partial charge in [-0.1, -0.05) is 27.5 Å². The second kappa shape index (κ2) is 5.72. The first kappa shape index (κ1) is 12.0. The SMILES string of the molecule is COC(=O)/C(Cl)=N/Nc1ccc(Br)cc1. The highest BCUT2D eigenvalue weighted by Gasteiger charge is 2.06. The zero-order valence-corrected chi connectivity index (χ0v) is 10.2. The molecule has 1 aromatic rings. The van der Waals surface area contributed by atoms with Gasteiger partial charge in [-0.2, -0.15) is 5.10 Å². The van der Waals surface area contributed by atoms with Crippen molar-refractivity contribution in [3.8, 4) is 0 Å². The minimum atomic E-state index is -0.679. The number of carbonyl (C=O) groups excluding carboxylic acids is 1. The van der Waals surface area contributed by atoms with Crippen molar-refractivity contribution in [2.75, 3.05) is 12.5 Å². The van der Waals surface area contributed by atoms with Gasteiger partial charge in [0.2, 0.25) is 5.17 Å². The lowest BCUT2D eigenvalue weighted by Gasteiger charge is -2.00. The van der Waals surface area contributed by atoms with E-state index in [1.54, 1.807) is 12.1 Å². The van der Waals surface area contributed by atoms with E-state index in [2.05, 4.69) is 31.2 Å². The van der Waals surface area contributed by atoms with E-state index in [0.717, 1.165) is 10.2 Å². The summed E-state index contributed by atoms with van der Waals surface area (Å²) in [5.41, 5.74) is 3.34. The van der Waals surface area contributed by atoms with Gasteiger partial charge in [0.15, 0.2) is 0 Å². The van der Waals surface area contributed by atoms with E-state index in [9.17, 15) is 4.79 Å². The van der Waals surface area contributed by atoms with Crippen molar-refractivity contribution in [1.29, 1.82) is 0 Å². The molecule has 80 valence electrons. The van der Waals surface area contributed by atoms with E-state index in [4.69, 9.17) is 11.6 Å². The number of benzene rings is 1. The Morgan fingerprint density at radius 1 is 1.47 bits per heavy atom. The Labute approximate surface area is 100 Å². The van der Waals surface area contributed by atoms with Crippen LogP contribution < -0.4 is 5.43 Å². The molecule has 0 aliphatic heterocycles. The van der Waals surface area contributed by atoms with E-state index >= 15 is 0 Å². The number of ether oxygens (including phenoxy) is 1. The zero-order valence-electron chi connectivity index (χ0n) is 7.83. The summed E-state index contributed by atoms with van der Waals surface area (Å²) in [5.74, 6) is -0.679. The zero-order chi connectivity index (χ0) is 11.3. The Kier molecular flexibility index (Phi) is 4.58. The van der Waals surface area contributed by atoms with Crippen LogP contribution in [0.5, 0.6) is 0 Å². The lowest BCUT2D eigenvalue weighted by molar-refractivity contribution is -0.132. The maximum absolute atomic E-state index is 10.9. The number of carbonyl (C=O) groups is 1. The molecule has 0 amide bonds. The summed E-state index contributed by atoms with van der Waals surface area (Å²) in [4.78, 5) is 10.9. The molecule has 0 heterocycles. The molecule has 6 heteroatoms. The third kappa shape index (κ3) is 3.89. The number of hydrogen-bond acceptors (Lipinski definition) is 4. The highest BCUT2D eigenvalue weighted by molar-refractivity contribution is 9.10. The maximum atomic E-state index is 10.9. The minimum absolute atomic E-state index is 0.250. The fourth-order valence-corrected chi connectivity index (χ4v) is 1.15. The van der Waals surface area contributed by atoms with E-state index < -0.39 is 5.97 Å². The van der Waals surface area contributed by atoms with Crippen LogP contribution in [0.3, 0.4) is 0 Å². The molecule has 1 rings (SSSR count). The third-order valence-electron chi connectivity index (χ3n) is 1.48. The fourth-order valence-electron chi connectivity index (χ4n) is 0.768. The highest BCUT2D eigenvalue weighted by Crippen LogP contribution is 2.14. The molecule has 0 unspecified atom stereocenters. The van der Waals surface area contributed by atoms with Gasteiger partial charge in [-0.15, -0.1) is 0 Å². The Morgan fingerprint density at radius 2 is 2.07 bits per heavy atom. The van der Waals surface area contributed by atoms with Crippen LogP contribution in [-0.2, 0) is 9.53 Å². The number of hydrazone groups is 1. The molecule has 0 fully saturated rings. The summed E-state index contributed by atoms with van der Waals surface area (Å²) in [6, 6.07) is 7.25. The van der Waals surface area contributed by atoms with Crippen molar-refractivity contribution >= 4 is 44.4 Å². The Morgan fingerprint density at radius 3 is 2.60 bits per heavy atom. The number of halogens is 2. The van der Waals surface area contributed by atoms with Gasteiger partial charge in [0.25, 0.3) is 0 Å². The van der Waals surface area contributed by atoms with Gasteiger partial charge in [0.05, 0.1) is 12.8 Å². The number of rotatable bonds is 3. The monoisotopic (exact) mass is 290 g/mol. The van der Waals surface area contributed by atoms with Gasteiger partial charge in [-0.25, -0.2) is 4.79 Å². The van der Waals surface area contributed by atoms with Gasteiger partial charge in [-0.05, 0) is 24.3 Å². The predicted octanol–water partition coefficient (Wildman–Crippen LogP) is 2.59. The van der Waals surface area contributed by atoms with Gasteiger partial charge >= 0.3 is 5.97 Å². The van der Waals surface area contributed by atoms with Crippen LogP contribution in [0, 0.1) is 0 Å². The number of esters is 1. The smallest absolute Gasteiger partial charge is 0.370 e. The molecule has 1 N–H and O–H groups in total. The first-order valence-electron chi connectivity index (χ1n) is 3.96. The van der Waals surface area contributed by atoms with Crippen molar-refractivity contribution in [2.24, 2.45) is 5.10 Å². The number of hydrogen-bond donors (Lipinski definition) is 1. The second-order valence-corrected chi connectivity index (χ2v) is 3.79. The molecule has 15 heavy (non-hydrogen) atoms. The van der Waals surface area contributed by atoms with E-state index in [-0.39, 0.29) is 5.17 Å². The third-order valence-corrected chi connectivity index (χ3v) is 2.25. The molecule has 1 aromatic carbocycles. The summed E-state index contributed by atoms with van der Waals surface area (Å²) < 4.78 is 5.33. The molecule has 0 aromatic heterocycles. The average Bonchev–Trinajstić information content (AvgIpc) is 2.26. The predicted molar refractivity (Wildman–Crippen MR) is 63.1 cm³/mol. The van der Waals surface area contributed by atoms with Crippen LogP contribution in [0.4, 0.5) is 5.69 Å². The number of nitrogens with one attached hydrogen (secondary N) is 1. The van der Waals surface area contributed by atoms with Crippen molar-refractivity contribution in [3.63, 3.8) is 0 Å². The summed E-state index contributed by atoms with van der Waals surface area (Å²) in [5, 5.41) is 3.39. The first-order chi connectivity index (χ1) is 7.13. The van der Waals surface area contributed by atoms with Crippen molar-refractivity contribution in [3.05, 3.63) is 28.7 Å². The van der Waals surface area contributed by atoms with E-state index in [1.165, 1.54) is 7.11 Å².